The van der Waals surface area contributed by atoms with Crippen LogP contribution in [0.25, 0.3) is 33.6 Å². The van der Waals surface area contributed by atoms with Crippen molar-refractivity contribution in [1.82, 2.24) is 9.97 Å². The van der Waals surface area contributed by atoms with Gasteiger partial charge in [0.05, 0.1) is 5.39 Å². The average molecular weight is 394 g/mol. The fourth-order valence-electron chi connectivity index (χ4n) is 3.38. The van der Waals surface area contributed by atoms with Crippen LogP contribution in [0.4, 0.5) is 0 Å². The molecule has 0 unspecified atom stereocenters. The Hall–Kier alpha value is -3.37. The normalized spacial score (nSPS) is 11.1. The molecule has 5 aromatic rings. The van der Waals surface area contributed by atoms with Gasteiger partial charge in [0, 0.05) is 16.0 Å². The largest absolute Gasteiger partial charge is 0.437 e. The molecule has 0 radical (unpaired) electrons. The first kappa shape index (κ1) is 17.7. The highest BCUT2D eigenvalue weighted by Gasteiger charge is 2.22. The van der Waals surface area contributed by atoms with E-state index in [0.717, 1.165) is 37.8 Å². The molecule has 0 aliphatic heterocycles. The van der Waals surface area contributed by atoms with Gasteiger partial charge in [0.2, 0.25) is 5.71 Å². The molecule has 0 aliphatic carbocycles. The minimum Gasteiger partial charge on any atom is -0.437 e. The fourth-order valence-corrected chi connectivity index (χ4v) is 4.26. The minimum absolute atomic E-state index is 0.604. The molecule has 0 N–H and O–H groups in total. The molecule has 0 aliphatic rings. The first-order valence-corrected chi connectivity index (χ1v) is 10.2. The number of benzene rings is 3. The molecule has 0 amide bonds. The second kappa shape index (κ2) is 7.57. The van der Waals surface area contributed by atoms with E-state index in [0.29, 0.717) is 5.71 Å². The van der Waals surface area contributed by atoms with Gasteiger partial charge in [0.25, 0.3) is 0 Å². The molecule has 0 spiro atoms. The summed E-state index contributed by atoms with van der Waals surface area (Å²) < 4.78 is 6.27. The van der Waals surface area contributed by atoms with E-state index in [-0.39, 0.29) is 0 Å². The summed E-state index contributed by atoms with van der Waals surface area (Å²) in [5.41, 5.74) is 4.98. The Morgan fingerprint density at radius 3 is 2.07 bits per heavy atom. The summed E-state index contributed by atoms with van der Waals surface area (Å²) in [5, 5.41) is 1.84. The van der Waals surface area contributed by atoms with Crippen LogP contribution in [0.3, 0.4) is 0 Å². The maximum Gasteiger partial charge on any atom is 0.231 e. The van der Waals surface area contributed by atoms with Crippen molar-refractivity contribution >= 4 is 22.9 Å². The zero-order chi connectivity index (χ0) is 19.6. The molecule has 3 nitrogen and oxygen atoms in total. The highest BCUT2D eigenvalue weighted by molar-refractivity contribution is 7.99. The molecule has 0 saturated heterocycles. The molecule has 4 heteroatoms. The van der Waals surface area contributed by atoms with Crippen LogP contribution in [0, 0.1) is 6.92 Å². The van der Waals surface area contributed by atoms with Gasteiger partial charge in [-0.3, -0.25) is 0 Å². The number of furan rings is 1. The van der Waals surface area contributed by atoms with Gasteiger partial charge >= 0.3 is 0 Å². The third kappa shape index (κ3) is 3.43. The second-order valence-corrected chi connectivity index (χ2v) is 7.87. The summed E-state index contributed by atoms with van der Waals surface area (Å²) in [6, 6.07) is 28.9. The Kier molecular flexibility index (Phi) is 4.62. The predicted octanol–water partition coefficient (Wildman–Crippen LogP) is 7.02. The van der Waals surface area contributed by atoms with E-state index in [1.807, 2.05) is 36.4 Å². The van der Waals surface area contributed by atoms with Crippen LogP contribution >= 0.6 is 11.8 Å². The van der Waals surface area contributed by atoms with Crippen molar-refractivity contribution < 1.29 is 4.42 Å². The monoisotopic (exact) mass is 394 g/mol. The van der Waals surface area contributed by atoms with Crippen molar-refractivity contribution in [2.24, 2.45) is 0 Å². The zero-order valence-corrected chi connectivity index (χ0v) is 16.7. The number of hydrogen-bond donors (Lipinski definition) is 0. The van der Waals surface area contributed by atoms with Crippen molar-refractivity contribution in [2.45, 2.75) is 16.8 Å². The molecule has 140 valence electrons. The van der Waals surface area contributed by atoms with Crippen LogP contribution in [0.15, 0.2) is 106 Å². The van der Waals surface area contributed by atoms with Gasteiger partial charge in [-0.05, 0) is 24.6 Å². The van der Waals surface area contributed by atoms with Gasteiger partial charge in [-0.15, -0.1) is 0 Å². The van der Waals surface area contributed by atoms with E-state index in [4.69, 9.17) is 4.42 Å². The second-order valence-electron chi connectivity index (χ2n) is 6.81. The van der Waals surface area contributed by atoms with Crippen molar-refractivity contribution in [3.05, 3.63) is 96.8 Å². The topological polar surface area (TPSA) is 38.9 Å². The lowest BCUT2D eigenvalue weighted by Gasteiger charge is -2.06. The van der Waals surface area contributed by atoms with E-state index in [1.54, 1.807) is 18.1 Å². The van der Waals surface area contributed by atoms with Crippen LogP contribution in [-0.4, -0.2) is 9.97 Å². The maximum atomic E-state index is 6.27. The first-order valence-electron chi connectivity index (χ1n) is 9.42. The standard InChI is InChI=1S/C25H18N2OS/c1-17-12-14-20(15-13-17)29-25-22-21(18-8-4-2-5-9-18)23(19-10-6-3-7-11-19)28-24(22)26-16-27-25/h2-16H,1H3. The van der Waals surface area contributed by atoms with E-state index in [9.17, 15) is 0 Å². The number of nitrogens with zero attached hydrogens (tertiary/aromatic N) is 2. The van der Waals surface area contributed by atoms with Crippen molar-refractivity contribution in [3.8, 4) is 22.5 Å². The van der Waals surface area contributed by atoms with E-state index < -0.39 is 0 Å². The Morgan fingerprint density at radius 1 is 0.724 bits per heavy atom. The van der Waals surface area contributed by atoms with Crippen molar-refractivity contribution in [2.75, 3.05) is 0 Å². The molecule has 0 saturated carbocycles. The van der Waals surface area contributed by atoms with E-state index in [2.05, 4.69) is 65.4 Å². The fraction of sp³-hybridized carbons (Fsp3) is 0.0400. The van der Waals surface area contributed by atoms with Gasteiger partial charge in [0.15, 0.2) is 0 Å². The number of rotatable bonds is 4. The molecule has 2 aromatic heterocycles. The number of hydrogen-bond acceptors (Lipinski definition) is 4. The van der Waals surface area contributed by atoms with Gasteiger partial charge in [-0.25, -0.2) is 9.97 Å². The van der Waals surface area contributed by atoms with Gasteiger partial charge < -0.3 is 4.42 Å². The van der Waals surface area contributed by atoms with Gasteiger partial charge in [-0.1, -0.05) is 90.1 Å². The summed E-state index contributed by atoms with van der Waals surface area (Å²) in [6.07, 6.45) is 1.58. The Bertz CT molecular complexity index is 1260. The van der Waals surface area contributed by atoms with Crippen molar-refractivity contribution in [1.29, 1.82) is 0 Å². The predicted molar refractivity (Wildman–Crippen MR) is 118 cm³/mol. The summed E-state index contributed by atoms with van der Waals surface area (Å²) >= 11 is 1.63. The molecule has 5 rings (SSSR count). The Morgan fingerprint density at radius 2 is 1.38 bits per heavy atom. The van der Waals surface area contributed by atoms with Crippen LogP contribution in [0.2, 0.25) is 0 Å². The zero-order valence-electron chi connectivity index (χ0n) is 15.9. The Balaban J connectivity index is 1.76. The Labute approximate surface area is 173 Å². The van der Waals surface area contributed by atoms with Gasteiger partial charge in [-0.2, -0.15) is 0 Å². The molecule has 0 atom stereocenters. The lowest BCUT2D eigenvalue weighted by molar-refractivity contribution is 0.617. The summed E-state index contributed by atoms with van der Waals surface area (Å²) in [5.74, 6) is 0.818. The summed E-state index contributed by atoms with van der Waals surface area (Å²) in [6.45, 7) is 2.09. The van der Waals surface area contributed by atoms with Crippen LogP contribution < -0.4 is 0 Å². The molecule has 0 bridgehead atoms. The van der Waals surface area contributed by atoms with Gasteiger partial charge in [0.1, 0.15) is 17.1 Å². The molecule has 3 aromatic carbocycles. The molecule has 0 fully saturated rings. The molecule has 29 heavy (non-hydrogen) atoms. The van der Waals surface area contributed by atoms with Crippen LogP contribution in [0.5, 0.6) is 0 Å². The summed E-state index contributed by atoms with van der Waals surface area (Å²) in [7, 11) is 0. The van der Waals surface area contributed by atoms with E-state index >= 15 is 0 Å². The average Bonchev–Trinajstić information content (AvgIpc) is 3.17. The summed E-state index contributed by atoms with van der Waals surface area (Å²) in [4.78, 5) is 10.2. The molecule has 2 heterocycles. The lowest BCUT2D eigenvalue weighted by atomic mass is 10.00. The van der Waals surface area contributed by atoms with E-state index in [1.165, 1.54) is 5.56 Å². The maximum absolute atomic E-state index is 6.27. The first-order chi connectivity index (χ1) is 14.3. The highest BCUT2D eigenvalue weighted by Crippen LogP contribution is 2.44. The minimum atomic E-state index is 0.604. The number of aryl methyl sites for hydroxylation is 1. The van der Waals surface area contributed by atoms with Crippen LogP contribution in [0.1, 0.15) is 5.56 Å². The molecular formula is C25H18N2OS. The lowest BCUT2D eigenvalue weighted by Crippen LogP contribution is -1.87. The highest BCUT2D eigenvalue weighted by atomic mass is 32.2. The quantitative estimate of drug-likeness (QED) is 0.307. The van der Waals surface area contributed by atoms with Crippen LogP contribution in [-0.2, 0) is 0 Å². The molecular weight excluding hydrogens is 376 g/mol. The van der Waals surface area contributed by atoms with Crippen molar-refractivity contribution in [3.63, 3.8) is 0 Å². The third-order valence-corrected chi connectivity index (χ3v) is 5.80. The smallest absolute Gasteiger partial charge is 0.231 e. The SMILES string of the molecule is Cc1ccc(Sc2ncnc3oc(-c4ccccc4)c(-c4ccccc4)c23)cc1. The number of fused-ring (bicyclic) bond motifs is 1. The third-order valence-electron chi connectivity index (χ3n) is 4.79. The number of aromatic nitrogens is 2.